The van der Waals surface area contributed by atoms with E-state index >= 15 is 0 Å². The number of nitrogens with zero attached hydrogens (tertiary/aromatic N) is 1. The summed E-state index contributed by atoms with van der Waals surface area (Å²) in [6.07, 6.45) is 2.83. The molecule has 1 aliphatic heterocycles. The highest BCUT2D eigenvalue weighted by Crippen LogP contribution is 2.23. The molecule has 1 unspecified atom stereocenters. The standard InChI is InChI=1S/C14H22N.HI/c1-13(14-8-4-3-5-9-14)12-15(2)10-6-7-11-15;/h3-5,8-9,13H,6-7,10-12H2,1-2H3;1H/q+1;/p-1. The molecule has 1 aromatic rings. The molecule has 90 valence electrons. The molecule has 0 N–H and O–H groups in total. The van der Waals surface area contributed by atoms with Crippen LogP contribution in [0.3, 0.4) is 0 Å². The van der Waals surface area contributed by atoms with Crippen molar-refractivity contribution in [1.82, 2.24) is 0 Å². The summed E-state index contributed by atoms with van der Waals surface area (Å²) < 4.78 is 1.27. The van der Waals surface area contributed by atoms with E-state index in [2.05, 4.69) is 44.3 Å². The quantitative estimate of drug-likeness (QED) is 0.542. The van der Waals surface area contributed by atoms with E-state index in [1.54, 1.807) is 0 Å². The van der Waals surface area contributed by atoms with E-state index in [-0.39, 0.29) is 24.0 Å². The minimum atomic E-state index is 0. The van der Waals surface area contributed by atoms with Crippen molar-refractivity contribution in [1.29, 1.82) is 0 Å². The molecule has 0 spiro atoms. The molecular weight excluding hydrogens is 309 g/mol. The number of benzene rings is 1. The fourth-order valence-corrected chi connectivity index (χ4v) is 2.83. The lowest BCUT2D eigenvalue weighted by atomic mass is 10.0. The van der Waals surface area contributed by atoms with Crippen LogP contribution in [0.2, 0.25) is 0 Å². The number of quaternary nitrogens is 1. The highest BCUT2D eigenvalue weighted by atomic mass is 127. The zero-order valence-corrected chi connectivity index (χ0v) is 12.5. The summed E-state index contributed by atoms with van der Waals surface area (Å²) in [7, 11) is 2.41. The van der Waals surface area contributed by atoms with Crippen LogP contribution in [0.4, 0.5) is 0 Å². The topological polar surface area (TPSA) is 0 Å². The first kappa shape index (κ1) is 14.0. The molecule has 1 heterocycles. The molecule has 1 atom stereocenters. The van der Waals surface area contributed by atoms with E-state index in [1.165, 1.54) is 42.5 Å². The van der Waals surface area contributed by atoms with Crippen molar-refractivity contribution in [2.24, 2.45) is 0 Å². The largest absolute Gasteiger partial charge is 1.00 e. The Morgan fingerprint density at radius 2 is 1.69 bits per heavy atom. The number of rotatable bonds is 3. The Balaban J connectivity index is 0.00000128. The normalized spacial score (nSPS) is 20.1. The lowest BCUT2D eigenvalue weighted by molar-refractivity contribution is -0.898. The maximum atomic E-state index is 2.41. The van der Waals surface area contributed by atoms with Gasteiger partial charge in [-0.3, -0.25) is 0 Å². The molecule has 2 rings (SSSR count). The minimum absolute atomic E-state index is 0. The predicted molar refractivity (Wildman–Crippen MR) is 64.9 cm³/mol. The van der Waals surface area contributed by atoms with Crippen molar-refractivity contribution in [3.05, 3.63) is 35.9 Å². The first-order valence-corrected chi connectivity index (χ1v) is 6.08. The van der Waals surface area contributed by atoms with Gasteiger partial charge in [0.05, 0.1) is 26.7 Å². The molecule has 16 heavy (non-hydrogen) atoms. The van der Waals surface area contributed by atoms with Gasteiger partial charge in [0.15, 0.2) is 0 Å². The van der Waals surface area contributed by atoms with E-state index in [4.69, 9.17) is 0 Å². The Kier molecular flexibility index (Phi) is 5.25. The zero-order chi connectivity index (χ0) is 10.7. The molecule has 2 heteroatoms. The highest BCUT2D eigenvalue weighted by molar-refractivity contribution is 5.18. The van der Waals surface area contributed by atoms with Crippen LogP contribution >= 0.6 is 0 Å². The second-order valence-electron chi connectivity index (χ2n) is 5.27. The summed E-state index contributed by atoms with van der Waals surface area (Å²) in [6.45, 7) is 6.40. The molecular formula is C14H22IN. The van der Waals surface area contributed by atoms with Crippen molar-refractivity contribution in [2.45, 2.75) is 25.7 Å². The molecule has 0 radical (unpaired) electrons. The van der Waals surface area contributed by atoms with E-state index in [0.29, 0.717) is 5.92 Å². The number of likely N-dealkylation sites (N-methyl/N-ethyl adjacent to an activating group) is 1. The van der Waals surface area contributed by atoms with Gasteiger partial charge in [-0.2, -0.15) is 0 Å². The molecule has 0 saturated carbocycles. The Morgan fingerprint density at radius 3 is 2.25 bits per heavy atom. The van der Waals surface area contributed by atoms with Crippen LogP contribution in [0.1, 0.15) is 31.2 Å². The minimum Gasteiger partial charge on any atom is -1.00 e. The van der Waals surface area contributed by atoms with Crippen molar-refractivity contribution in [3.8, 4) is 0 Å². The van der Waals surface area contributed by atoms with E-state index in [0.717, 1.165) is 0 Å². The van der Waals surface area contributed by atoms with Crippen LogP contribution < -0.4 is 24.0 Å². The smallest absolute Gasteiger partial charge is 0.0851 e. The molecule has 1 saturated heterocycles. The molecule has 0 bridgehead atoms. The fraction of sp³-hybridized carbons (Fsp3) is 0.571. The van der Waals surface area contributed by atoms with E-state index < -0.39 is 0 Å². The van der Waals surface area contributed by atoms with Gasteiger partial charge in [0, 0.05) is 18.8 Å². The number of halogens is 1. The maximum Gasteiger partial charge on any atom is 0.0851 e. The van der Waals surface area contributed by atoms with Gasteiger partial charge in [-0.1, -0.05) is 37.3 Å². The SMILES string of the molecule is CC(C[N+]1(C)CCCC1)c1ccccc1.[I-]. The fourth-order valence-electron chi connectivity index (χ4n) is 2.83. The second-order valence-corrected chi connectivity index (χ2v) is 5.27. The van der Waals surface area contributed by atoms with Crippen LogP contribution in [0.15, 0.2) is 30.3 Å². The summed E-state index contributed by atoms with van der Waals surface area (Å²) in [5, 5.41) is 0. The van der Waals surface area contributed by atoms with Gasteiger partial charge < -0.3 is 28.5 Å². The van der Waals surface area contributed by atoms with Crippen LogP contribution in [-0.4, -0.2) is 31.2 Å². The summed E-state index contributed by atoms with van der Waals surface area (Å²) in [4.78, 5) is 0. The van der Waals surface area contributed by atoms with Gasteiger partial charge in [-0.25, -0.2) is 0 Å². The molecule has 0 aliphatic carbocycles. The Morgan fingerprint density at radius 1 is 1.12 bits per heavy atom. The first-order chi connectivity index (χ1) is 7.20. The third kappa shape index (κ3) is 3.45. The van der Waals surface area contributed by atoms with Crippen LogP contribution in [0.25, 0.3) is 0 Å². The van der Waals surface area contributed by atoms with Gasteiger partial charge in [-0.15, -0.1) is 0 Å². The number of hydrogen-bond acceptors (Lipinski definition) is 0. The number of hydrogen-bond donors (Lipinski definition) is 0. The summed E-state index contributed by atoms with van der Waals surface area (Å²) in [5.41, 5.74) is 1.49. The molecule has 0 aromatic heterocycles. The van der Waals surface area contributed by atoms with E-state index in [9.17, 15) is 0 Å². The first-order valence-electron chi connectivity index (χ1n) is 6.08. The summed E-state index contributed by atoms with van der Waals surface area (Å²) in [5.74, 6) is 0.689. The molecule has 1 aliphatic rings. The molecule has 0 amide bonds. The van der Waals surface area contributed by atoms with Crippen molar-refractivity contribution >= 4 is 0 Å². The van der Waals surface area contributed by atoms with Crippen LogP contribution in [-0.2, 0) is 0 Å². The Labute approximate surface area is 116 Å². The van der Waals surface area contributed by atoms with Crippen molar-refractivity contribution < 1.29 is 28.5 Å². The average molecular weight is 331 g/mol. The molecule has 1 fully saturated rings. The lowest BCUT2D eigenvalue weighted by Crippen LogP contribution is -3.00. The van der Waals surface area contributed by atoms with Gasteiger partial charge in [0.1, 0.15) is 0 Å². The van der Waals surface area contributed by atoms with Crippen molar-refractivity contribution in [2.75, 3.05) is 26.7 Å². The number of likely N-dealkylation sites (tertiary alicyclic amines) is 1. The van der Waals surface area contributed by atoms with Crippen molar-refractivity contribution in [3.63, 3.8) is 0 Å². The lowest BCUT2D eigenvalue weighted by Gasteiger charge is -2.32. The Bertz CT molecular complexity index is 304. The summed E-state index contributed by atoms with van der Waals surface area (Å²) >= 11 is 0. The summed E-state index contributed by atoms with van der Waals surface area (Å²) in [6, 6.07) is 10.9. The third-order valence-electron chi connectivity index (χ3n) is 3.73. The molecule has 1 nitrogen and oxygen atoms in total. The maximum absolute atomic E-state index is 2.41. The van der Waals surface area contributed by atoms with Gasteiger partial charge in [0.25, 0.3) is 0 Å². The monoisotopic (exact) mass is 331 g/mol. The highest BCUT2D eigenvalue weighted by Gasteiger charge is 2.28. The van der Waals surface area contributed by atoms with Gasteiger partial charge in [0.2, 0.25) is 0 Å². The van der Waals surface area contributed by atoms with Crippen LogP contribution in [0.5, 0.6) is 0 Å². The molecule has 1 aromatic carbocycles. The Hall–Kier alpha value is -0.0900. The van der Waals surface area contributed by atoms with Gasteiger partial charge >= 0.3 is 0 Å². The second kappa shape index (κ2) is 6.01. The van der Waals surface area contributed by atoms with Crippen LogP contribution in [0, 0.1) is 0 Å². The predicted octanol–water partition coefficient (Wildman–Crippen LogP) is 0.0345. The van der Waals surface area contributed by atoms with Gasteiger partial charge in [-0.05, 0) is 5.56 Å². The zero-order valence-electron chi connectivity index (χ0n) is 10.3. The third-order valence-corrected chi connectivity index (χ3v) is 3.73. The van der Waals surface area contributed by atoms with E-state index in [1.807, 2.05) is 0 Å². The average Bonchev–Trinajstić information content (AvgIpc) is 2.66.